The largest absolute Gasteiger partial charge is 0.0622 e. The van der Waals surface area contributed by atoms with E-state index < -0.39 is 0 Å². The van der Waals surface area contributed by atoms with Crippen LogP contribution in [0.4, 0.5) is 0 Å². The summed E-state index contributed by atoms with van der Waals surface area (Å²) < 4.78 is 0. The smallest absolute Gasteiger partial charge is 0.0295 e. The Morgan fingerprint density at radius 1 is 0.875 bits per heavy atom. The molecular weight excluding hydrogens is 288 g/mol. The van der Waals surface area contributed by atoms with E-state index in [0.717, 1.165) is 29.6 Å². The fraction of sp³-hybridized carbons (Fsp3) is 1.00. The lowest BCUT2D eigenvalue weighted by Crippen LogP contribution is -2.49. The fourth-order valence-corrected chi connectivity index (χ4v) is 7.48. The summed E-state index contributed by atoms with van der Waals surface area (Å²) in [5.41, 5.74) is 1.70. The van der Waals surface area contributed by atoms with Gasteiger partial charge in [-0.3, -0.25) is 0 Å². The zero-order valence-electron chi connectivity index (χ0n) is 17.8. The van der Waals surface area contributed by atoms with E-state index in [2.05, 4.69) is 48.5 Å². The topological polar surface area (TPSA) is 0 Å². The molecule has 0 heterocycles. The van der Waals surface area contributed by atoms with Crippen LogP contribution in [0.1, 0.15) is 106 Å². The predicted molar refractivity (Wildman–Crippen MR) is 106 cm³/mol. The molecule has 140 valence electrons. The van der Waals surface area contributed by atoms with Crippen molar-refractivity contribution in [2.24, 2.45) is 45.8 Å². The first-order chi connectivity index (χ1) is 11.0. The third-order valence-electron chi connectivity index (χ3n) is 8.89. The minimum Gasteiger partial charge on any atom is -0.0622 e. The molecule has 0 radical (unpaired) electrons. The number of hydrogen-bond acceptors (Lipinski definition) is 0. The molecule has 24 heavy (non-hydrogen) atoms. The Morgan fingerprint density at radius 3 is 2.25 bits per heavy atom. The Balaban J connectivity index is 1.86. The molecule has 3 aliphatic carbocycles. The molecule has 0 saturated heterocycles. The van der Waals surface area contributed by atoms with Crippen molar-refractivity contribution in [3.05, 3.63) is 0 Å². The number of rotatable bonds is 1. The van der Waals surface area contributed by atoms with Crippen molar-refractivity contribution in [1.29, 1.82) is 0 Å². The van der Waals surface area contributed by atoms with Gasteiger partial charge in [0.15, 0.2) is 0 Å². The van der Waals surface area contributed by atoms with E-state index in [9.17, 15) is 0 Å². The van der Waals surface area contributed by atoms with Crippen LogP contribution in [0.2, 0.25) is 0 Å². The Morgan fingerprint density at radius 2 is 1.58 bits per heavy atom. The highest BCUT2D eigenvalue weighted by molar-refractivity contribution is 5.01. The van der Waals surface area contributed by atoms with Gasteiger partial charge in [0.2, 0.25) is 0 Å². The van der Waals surface area contributed by atoms with Crippen molar-refractivity contribution < 1.29 is 0 Å². The molecular formula is C24H44. The second-order valence-electron chi connectivity index (χ2n) is 12.1. The molecule has 0 aromatic carbocycles. The van der Waals surface area contributed by atoms with Crippen LogP contribution in [0.25, 0.3) is 0 Å². The molecule has 0 aliphatic heterocycles. The molecule has 3 rings (SSSR count). The summed E-state index contributed by atoms with van der Waals surface area (Å²) in [5.74, 6) is 4.87. The SMILES string of the molecule is C[C@@H]1CCC[C@@]2(C)CC[C@H]3[C@H](CC(C)(C)C)CC[C@@H](C[C@H]12)C3(C)C. The van der Waals surface area contributed by atoms with Gasteiger partial charge in [0, 0.05) is 0 Å². The Bertz CT molecular complexity index is 439. The molecule has 0 heteroatoms. The summed E-state index contributed by atoms with van der Waals surface area (Å²) >= 11 is 0. The van der Waals surface area contributed by atoms with Gasteiger partial charge in [-0.05, 0) is 90.8 Å². The van der Waals surface area contributed by atoms with Gasteiger partial charge in [-0.25, -0.2) is 0 Å². The van der Waals surface area contributed by atoms with Crippen LogP contribution in [0.3, 0.4) is 0 Å². The maximum absolute atomic E-state index is 2.67. The highest BCUT2D eigenvalue weighted by atomic mass is 14.6. The third kappa shape index (κ3) is 3.45. The van der Waals surface area contributed by atoms with Crippen molar-refractivity contribution >= 4 is 0 Å². The molecule has 2 bridgehead atoms. The third-order valence-corrected chi connectivity index (χ3v) is 8.89. The summed E-state index contributed by atoms with van der Waals surface area (Å²) in [7, 11) is 0. The van der Waals surface area contributed by atoms with Gasteiger partial charge in [0.1, 0.15) is 0 Å². The summed E-state index contributed by atoms with van der Waals surface area (Å²) in [6.45, 7) is 17.9. The van der Waals surface area contributed by atoms with Gasteiger partial charge >= 0.3 is 0 Å². The highest BCUT2D eigenvalue weighted by Gasteiger charge is 2.51. The van der Waals surface area contributed by atoms with Crippen molar-refractivity contribution in [3.8, 4) is 0 Å². The number of hydrogen-bond donors (Lipinski definition) is 0. The molecule has 3 fully saturated rings. The van der Waals surface area contributed by atoms with Gasteiger partial charge < -0.3 is 0 Å². The Labute approximate surface area is 152 Å². The van der Waals surface area contributed by atoms with Crippen LogP contribution in [0.15, 0.2) is 0 Å². The molecule has 0 amide bonds. The first-order valence-electron chi connectivity index (χ1n) is 11.0. The normalized spacial score (nSPS) is 45.9. The summed E-state index contributed by atoms with van der Waals surface area (Å²) in [4.78, 5) is 0. The van der Waals surface area contributed by atoms with Crippen molar-refractivity contribution in [2.45, 2.75) is 106 Å². The molecule has 3 saturated carbocycles. The van der Waals surface area contributed by atoms with Gasteiger partial charge in [0.05, 0.1) is 0 Å². The van der Waals surface area contributed by atoms with E-state index in [1.54, 1.807) is 0 Å². The maximum Gasteiger partial charge on any atom is -0.0295 e. The van der Waals surface area contributed by atoms with Gasteiger partial charge in [0.25, 0.3) is 0 Å². The van der Waals surface area contributed by atoms with Crippen LogP contribution in [-0.2, 0) is 0 Å². The molecule has 3 aliphatic rings. The maximum atomic E-state index is 2.67. The lowest BCUT2D eigenvalue weighted by Gasteiger charge is -2.58. The first-order valence-corrected chi connectivity index (χ1v) is 11.0. The molecule has 0 N–H and O–H groups in total. The van der Waals surface area contributed by atoms with Crippen LogP contribution in [0.5, 0.6) is 0 Å². The van der Waals surface area contributed by atoms with E-state index in [1.165, 1.54) is 57.8 Å². The molecule has 0 nitrogen and oxygen atoms in total. The van der Waals surface area contributed by atoms with Gasteiger partial charge in [-0.2, -0.15) is 0 Å². The number of fused-ring (bicyclic) bond motifs is 3. The Hall–Kier alpha value is 0. The lowest BCUT2D eigenvalue weighted by atomic mass is 9.47. The molecule has 6 atom stereocenters. The zero-order chi connectivity index (χ0) is 17.8. The first kappa shape index (κ1) is 18.8. The summed E-state index contributed by atoms with van der Waals surface area (Å²) in [6.07, 6.45) is 13.5. The second kappa shape index (κ2) is 6.31. The van der Waals surface area contributed by atoms with E-state index in [0.29, 0.717) is 16.2 Å². The van der Waals surface area contributed by atoms with Gasteiger partial charge in [-0.15, -0.1) is 0 Å². The minimum absolute atomic E-state index is 0.488. The van der Waals surface area contributed by atoms with Crippen molar-refractivity contribution in [3.63, 3.8) is 0 Å². The predicted octanol–water partition coefficient (Wildman–Crippen LogP) is 7.72. The second-order valence-corrected chi connectivity index (χ2v) is 12.1. The van der Waals surface area contributed by atoms with Crippen LogP contribution < -0.4 is 0 Å². The van der Waals surface area contributed by atoms with E-state index >= 15 is 0 Å². The summed E-state index contributed by atoms with van der Waals surface area (Å²) in [6, 6.07) is 0. The van der Waals surface area contributed by atoms with Crippen molar-refractivity contribution in [2.75, 3.05) is 0 Å². The average Bonchev–Trinajstić information content (AvgIpc) is 2.42. The quantitative estimate of drug-likeness (QED) is 0.461. The summed E-state index contributed by atoms with van der Waals surface area (Å²) in [5, 5.41) is 0. The fourth-order valence-electron chi connectivity index (χ4n) is 7.48. The zero-order valence-corrected chi connectivity index (χ0v) is 17.8. The molecule has 0 aromatic rings. The highest BCUT2D eigenvalue weighted by Crippen LogP contribution is 2.61. The van der Waals surface area contributed by atoms with Crippen LogP contribution >= 0.6 is 0 Å². The minimum atomic E-state index is 0.488. The van der Waals surface area contributed by atoms with Crippen LogP contribution in [-0.4, -0.2) is 0 Å². The molecule has 0 unspecified atom stereocenters. The van der Waals surface area contributed by atoms with E-state index in [4.69, 9.17) is 0 Å². The average molecular weight is 333 g/mol. The van der Waals surface area contributed by atoms with E-state index in [-0.39, 0.29) is 0 Å². The van der Waals surface area contributed by atoms with E-state index in [1.807, 2.05) is 0 Å². The van der Waals surface area contributed by atoms with Crippen LogP contribution in [0, 0.1) is 45.8 Å². The van der Waals surface area contributed by atoms with Crippen molar-refractivity contribution in [1.82, 2.24) is 0 Å². The molecule has 0 aromatic heterocycles. The standard InChI is InChI=1S/C24H44/c1-17-9-8-13-24(7)14-12-20-18(16-22(2,3)4)10-11-19(15-21(17)24)23(20,5)6/h17-21H,8-16H2,1-7H3/t17-,18+,19+,20+,21-,24+/m1/s1. The van der Waals surface area contributed by atoms with Gasteiger partial charge in [-0.1, -0.05) is 61.3 Å². The lowest BCUT2D eigenvalue weighted by molar-refractivity contribution is -0.0786. The molecule has 0 spiro atoms. The monoisotopic (exact) mass is 332 g/mol. The Kier molecular flexibility index (Phi) is 4.94.